The predicted molar refractivity (Wildman–Crippen MR) is 75.6 cm³/mol. The summed E-state index contributed by atoms with van der Waals surface area (Å²) in [6.07, 6.45) is 3.05. The van der Waals surface area contributed by atoms with Crippen molar-refractivity contribution in [3.05, 3.63) is 35.9 Å². The highest BCUT2D eigenvalue weighted by atomic mass is 16.6. The first-order valence-corrected chi connectivity index (χ1v) is 7.38. The number of hydrogen-bond acceptors (Lipinski definition) is 3. The third-order valence-electron chi connectivity index (χ3n) is 4.55. The molecule has 3 aliphatic rings. The maximum atomic E-state index is 12.3. The minimum atomic E-state index is -0.916. The number of carboxylic acid groups (broad SMARTS) is 1. The second-order valence-corrected chi connectivity index (χ2v) is 5.80. The molecule has 1 aromatic rings. The van der Waals surface area contributed by atoms with Gasteiger partial charge in [0.2, 0.25) is 0 Å². The number of carbonyl (C=O) groups excluding carboxylic acids is 1. The Balaban J connectivity index is 1.69. The number of rotatable bonds is 3. The molecule has 1 aromatic carbocycles. The number of carboxylic acids is 1. The maximum Gasteiger partial charge on any atom is 0.411 e. The minimum absolute atomic E-state index is 0.0133. The molecule has 1 N–H and O–H groups in total. The van der Waals surface area contributed by atoms with Gasteiger partial charge in [0.25, 0.3) is 0 Å². The van der Waals surface area contributed by atoms with Crippen molar-refractivity contribution in [1.82, 2.24) is 4.90 Å². The number of amides is 1. The smallest absolute Gasteiger partial charge is 0.411 e. The molecule has 5 heteroatoms. The maximum absolute atomic E-state index is 12.3. The molecular weight excluding hydrogens is 270 g/mol. The summed E-state index contributed by atoms with van der Waals surface area (Å²) < 4.78 is 5.32. The molecule has 3 fully saturated rings. The summed E-state index contributed by atoms with van der Waals surface area (Å²) >= 11 is 0. The number of aliphatic carboxylic acids is 1. The van der Waals surface area contributed by atoms with Gasteiger partial charge in [-0.25, -0.2) is 9.59 Å². The van der Waals surface area contributed by atoms with Gasteiger partial charge in [0, 0.05) is 6.04 Å². The highest BCUT2D eigenvalue weighted by molar-refractivity contribution is 5.81. The normalized spacial score (nSPS) is 27.4. The highest BCUT2D eigenvalue weighted by Crippen LogP contribution is 2.40. The van der Waals surface area contributed by atoms with Crippen LogP contribution in [-0.2, 0) is 16.1 Å². The molecule has 2 bridgehead atoms. The Bertz CT molecular complexity index is 522. The van der Waals surface area contributed by atoms with Gasteiger partial charge in [-0.1, -0.05) is 30.3 Å². The van der Waals surface area contributed by atoms with E-state index in [0.29, 0.717) is 0 Å². The summed E-state index contributed by atoms with van der Waals surface area (Å²) in [7, 11) is 0. The van der Waals surface area contributed by atoms with E-state index < -0.39 is 18.1 Å². The first kappa shape index (κ1) is 13.9. The summed E-state index contributed by atoms with van der Waals surface area (Å²) in [5.41, 5.74) is 0.903. The van der Waals surface area contributed by atoms with Crippen LogP contribution in [0.2, 0.25) is 0 Å². The van der Waals surface area contributed by atoms with E-state index in [1.165, 1.54) is 4.90 Å². The molecular formula is C16H19NO4. The molecule has 1 unspecified atom stereocenters. The van der Waals surface area contributed by atoms with Crippen molar-refractivity contribution in [2.24, 2.45) is 5.92 Å². The molecule has 1 amide bonds. The molecule has 2 heterocycles. The van der Waals surface area contributed by atoms with Gasteiger partial charge in [-0.05, 0) is 37.2 Å². The number of piperidine rings is 2. The second-order valence-electron chi connectivity index (χ2n) is 5.80. The van der Waals surface area contributed by atoms with E-state index in [4.69, 9.17) is 4.74 Å². The third-order valence-corrected chi connectivity index (χ3v) is 4.55. The number of ether oxygens (including phenoxy) is 1. The Morgan fingerprint density at radius 1 is 1.14 bits per heavy atom. The van der Waals surface area contributed by atoms with E-state index in [-0.39, 0.29) is 18.6 Å². The lowest BCUT2D eigenvalue weighted by Crippen LogP contribution is -2.60. The average molecular weight is 289 g/mol. The Morgan fingerprint density at radius 3 is 2.43 bits per heavy atom. The zero-order chi connectivity index (χ0) is 14.8. The minimum Gasteiger partial charge on any atom is -0.480 e. The summed E-state index contributed by atoms with van der Waals surface area (Å²) in [6.45, 7) is 0.180. The monoisotopic (exact) mass is 289 g/mol. The molecule has 5 nitrogen and oxygen atoms in total. The molecule has 1 saturated carbocycles. The number of carbonyl (C=O) groups is 2. The molecule has 4 rings (SSSR count). The van der Waals surface area contributed by atoms with Crippen LogP contribution in [0.25, 0.3) is 0 Å². The summed E-state index contributed by atoms with van der Waals surface area (Å²) in [5.74, 6) is -0.849. The van der Waals surface area contributed by atoms with Crippen LogP contribution in [0.4, 0.5) is 4.79 Å². The van der Waals surface area contributed by atoms with Gasteiger partial charge in [-0.3, -0.25) is 4.90 Å². The SMILES string of the molecule is O=C(O)C1C2CCC(CC2)N1C(=O)OCc1ccccc1. The molecule has 1 atom stereocenters. The van der Waals surface area contributed by atoms with Crippen molar-refractivity contribution >= 4 is 12.1 Å². The lowest BCUT2D eigenvalue weighted by molar-refractivity contribution is -0.151. The third kappa shape index (κ3) is 2.73. The predicted octanol–water partition coefficient (Wildman–Crippen LogP) is 2.65. The molecule has 112 valence electrons. The van der Waals surface area contributed by atoms with Gasteiger partial charge in [-0.2, -0.15) is 0 Å². The lowest BCUT2D eigenvalue weighted by Gasteiger charge is -2.48. The van der Waals surface area contributed by atoms with Gasteiger partial charge in [0.15, 0.2) is 0 Å². The van der Waals surface area contributed by atoms with E-state index in [1.807, 2.05) is 30.3 Å². The molecule has 2 aliphatic heterocycles. The summed E-state index contributed by atoms with van der Waals surface area (Å²) in [4.78, 5) is 25.3. The second kappa shape index (κ2) is 5.76. The zero-order valence-electron chi connectivity index (χ0n) is 11.8. The molecule has 2 saturated heterocycles. The van der Waals surface area contributed by atoms with Crippen LogP contribution in [0.1, 0.15) is 31.2 Å². The van der Waals surface area contributed by atoms with E-state index in [1.54, 1.807) is 0 Å². The topological polar surface area (TPSA) is 66.8 Å². The first-order chi connectivity index (χ1) is 10.2. The molecule has 0 aromatic heterocycles. The van der Waals surface area contributed by atoms with Crippen molar-refractivity contribution in [2.45, 2.75) is 44.4 Å². The van der Waals surface area contributed by atoms with Gasteiger partial charge >= 0.3 is 12.1 Å². The van der Waals surface area contributed by atoms with Crippen LogP contribution in [0.3, 0.4) is 0 Å². The standard InChI is InChI=1S/C16H19NO4/c18-15(19)14-12-6-8-13(9-7-12)17(14)16(20)21-10-11-4-2-1-3-5-11/h1-5,12-14H,6-10H2,(H,18,19). The molecule has 21 heavy (non-hydrogen) atoms. The van der Waals surface area contributed by atoms with Gasteiger partial charge in [0.05, 0.1) is 0 Å². The number of benzene rings is 1. The van der Waals surface area contributed by atoms with Gasteiger partial charge in [0.1, 0.15) is 12.6 Å². The van der Waals surface area contributed by atoms with Crippen molar-refractivity contribution in [3.63, 3.8) is 0 Å². The Morgan fingerprint density at radius 2 is 1.81 bits per heavy atom. The van der Waals surface area contributed by atoms with Crippen LogP contribution in [0.15, 0.2) is 30.3 Å². The van der Waals surface area contributed by atoms with Crippen molar-refractivity contribution in [3.8, 4) is 0 Å². The first-order valence-electron chi connectivity index (χ1n) is 7.38. The molecule has 0 spiro atoms. The van der Waals surface area contributed by atoms with Crippen LogP contribution in [0.5, 0.6) is 0 Å². The Labute approximate surface area is 123 Å². The van der Waals surface area contributed by atoms with Crippen molar-refractivity contribution < 1.29 is 19.4 Å². The Kier molecular flexibility index (Phi) is 3.82. The fraction of sp³-hybridized carbons (Fsp3) is 0.500. The quantitative estimate of drug-likeness (QED) is 0.929. The van der Waals surface area contributed by atoms with Crippen LogP contribution < -0.4 is 0 Å². The zero-order valence-corrected chi connectivity index (χ0v) is 11.8. The number of hydrogen-bond donors (Lipinski definition) is 1. The summed E-state index contributed by atoms with van der Waals surface area (Å²) in [5, 5.41) is 9.42. The van der Waals surface area contributed by atoms with Crippen LogP contribution in [0, 0.1) is 5.92 Å². The highest BCUT2D eigenvalue weighted by Gasteiger charge is 2.48. The van der Waals surface area contributed by atoms with Gasteiger partial charge < -0.3 is 9.84 Å². The lowest BCUT2D eigenvalue weighted by atomic mass is 9.75. The van der Waals surface area contributed by atoms with E-state index in [0.717, 1.165) is 31.2 Å². The van der Waals surface area contributed by atoms with Crippen molar-refractivity contribution in [1.29, 1.82) is 0 Å². The van der Waals surface area contributed by atoms with Gasteiger partial charge in [-0.15, -0.1) is 0 Å². The Hall–Kier alpha value is -2.04. The van der Waals surface area contributed by atoms with E-state index in [2.05, 4.69) is 0 Å². The van der Waals surface area contributed by atoms with Crippen LogP contribution in [-0.4, -0.2) is 34.2 Å². The van der Waals surface area contributed by atoms with E-state index in [9.17, 15) is 14.7 Å². The fourth-order valence-corrected chi connectivity index (χ4v) is 3.53. The fourth-order valence-electron chi connectivity index (χ4n) is 3.53. The molecule has 1 aliphatic carbocycles. The van der Waals surface area contributed by atoms with Crippen molar-refractivity contribution in [2.75, 3.05) is 0 Å². The average Bonchev–Trinajstić information content (AvgIpc) is 2.53. The largest absolute Gasteiger partial charge is 0.480 e. The van der Waals surface area contributed by atoms with Crippen LogP contribution >= 0.6 is 0 Å². The summed E-state index contributed by atoms with van der Waals surface area (Å²) in [6, 6.07) is 8.71. The van der Waals surface area contributed by atoms with E-state index >= 15 is 0 Å². The molecule has 0 radical (unpaired) electrons. The number of nitrogens with zero attached hydrogens (tertiary/aromatic N) is 1. The number of fused-ring (bicyclic) bond motifs is 3.